The first-order valence-corrected chi connectivity index (χ1v) is 11.1. The van der Waals surface area contributed by atoms with Gasteiger partial charge in [-0.3, -0.25) is 14.4 Å². The normalized spacial score (nSPS) is 24.2. The number of ether oxygens (including phenoxy) is 2. The molecule has 2 atom stereocenters. The topological polar surface area (TPSA) is 95.7 Å². The standard InChI is InChI=1S/C24H19F3N4O5/c1-13-10-30(12-28-13)16-4-5-17-19(32)29(7-8-31(17)20(16)33)11-23-15-9-14(35-24(25,26)27)3-6-18(15)36-22(23,2)21(23)34/h3-6,9-10,12H,7-8,11H2,1-2H3. The Bertz CT molecular complexity index is 1530. The van der Waals surface area contributed by atoms with E-state index in [9.17, 15) is 27.6 Å². The van der Waals surface area contributed by atoms with Crippen LogP contribution in [0, 0.1) is 6.92 Å². The summed E-state index contributed by atoms with van der Waals surface area (Å²) in [6, 6.07) is 6.67. The van der Waals surface area contributed by atoms with E-state index in [2.05, 4.69) is 9.72 Å². The fourth-order valence-electron chi connectivity index (χ4n) is 5.35. The van der Waals surface area contributed by atoms with Crippen LogP contribution in [0.5, 0.6) is 11.5 Å². The molecule has 12 heteroatoms. The van der Waals surface area contributed by atoms with Crippen LogP contribution in [-0.4, -0.2) is 55.8 Å². The minimum atomic E-state index is -4.90. The number of carbonyl (C=O) groups excluding carboxylic acids is 2. The number of ketones is 1. The van der Waals surface area contributed by atoms with Crippen LogP contribution in [0.15, 0.2) is 47.7 Å². The Balaban J connectivity index is 1.33. The molecule has 1 amide bonds. The largest absolute Gasteiger partial charge is 0.573 e. The quantitative estimate of drug-likeness (QED) is 0.546. The van der Waals surface area contributed by atoms with E-state index >= 15 is 0 Å². The van der Waals surface area contributed by atoms with Gasteiger partial charge in [-0.05, 0) is 44.2 Å². The number of aromatic nitrogens is 3. The summed E-state index contributed by atoms with van der Waals surface area (Å²) in [6.07, 6.45) is -1.68. The number of fused-ring (bicyclic) bond motifs is 4. The van der Waals surface area contributed by atoms with E-state index in [-0.39, 0.29) is 48.0 Å². The Labute approximate surface area is 201 Å². The number of benzene rings is 1. The molecule has 0 spiro atoms. The maximum atomic E-state index is 13.4. The first kappa shape index (κ1) is 22.4. The Morgan fingerprint density at radius 3 is 2.61 bits per heavy atom. The Kier molecular flexibility index (Phi) is 4.34. The first-order chi connectivity index (χ1) is 16.9. The van der Waals surface area contributed by atoms with E-state index in [0.717, 1.165) is 17.8 Å². The van der Waals surface area contributed by atoms with Crippen LogP contribution in [0.3, 0.4) is 0 Å². The molecule has 1 fully saturated rings. The van der Waals surface area contributed by atoms with Gasteiger partial charge in [0.15, 0.2) is 11.4 Å². The van der Waals surface area contributed by atoms with Crippen molar-refractivity contribution in [1.29, 1.82) is 0 Å². The highest BCUT2D eigenvalue weighted by molar-refractivity contribution is 6.19. The highest BCUT2D eigenvalue weighted by Crippen LogP contribution is 2.64. The molecule has 6 rings (SSSR count). The van der Waals surface area contributed by atoms with Crippen molar-refractivity contribution >= 4 is 11.7 Å². The SMILES string of the molecule is Cc1cn(-c2ccc3n(c2=O)CCN(CC24C(=O)C2(C)Oc2ccc(OC(F)(F)F)cc24)C3=O)cn1. The van der Waals surface area contributed by atoms with Crippen molar-refractivity contribution < 1.29 is 32.2 Å². The highest BCUT2D eigenvalue weighted by Gasteiger charge is 2.82. The molecule has 3 aromatic rings. The predicted molar refractivity (Wildman–Crippen MR) is 117 cm³/mol. The van der Waals surface area contributed by atoms with Crippen LogP contribution in [-0.2, 0) is 16.8 Å². The molecule has 4 heterocycles. The molecule has 1 saturated carbocycles. The highest BCUT2D eigenvalue weighted by atomic mass is 19.4. The van der Waals surface area contributed by atoms with Gasteiger partial charge in [-0.2, -0.15) is 0 Å². The van der Waals surface area contributed by atoms with Gasteiger partial charge in [-0.15, -0.1) is 13.2 Å². The minimum absolute atomic E-state index is 0.0969. The lowest BCUT2D eigenvalue weighted by molar-refractivity contribution is -0.274. The van der Waals surface area contributed by atoms with Crippen molar-refractivity contribution in [3.8, 4) is 17.2 Å². The van der Waals surface area contributed by atoms with Crippen molar-refractivity contribution in [3.05, 3.63) is 70.2 Å². The fraction of sp³-hybridized carbons (Fsp3) is 0.333. The second kappa shape index (κ2) is 6.99. The second-order valence-corrected chi connectivity index (χ2v) is 9.29. The third-order valence-corrected chi connectivity index (χ3v) is 7.20. The molecule has 1 aliphatic carbocycles. The molecule has 0 saturated heterocycles. The van der Waals surface area contributed by atoms with Crippen LogP contribution in [0.2, 0.25) is 0 Å². The summed E-state index contributed by atoms with van der Waals surface area (Å²) in [6.45, 7) is 3.58. The average molecular weight is 500 g/mol. The van der Waals surface area contributed by atoms with Gasteiger partial charge in [0.25, 0.3) is 11.5 Å². The number of alkyl halides is 3. The number of halogens is 3. The van der Waals surface area contributed by atoms with Crippen LogP contribution < -0.4 is 15.0 Å². The first-order valence-electron chi connectivity index (χ1n) is 11.1. The lowest BCUT2D eigenvalue weighted by Crippen LogP contribution is -2.48. The molecular weight excluding hydrogens is 481 g/mol. The van der Waals surface area contributed by atoms with Crippen LogP contribution in [0.25, 0.3) is 5.69 Å². The second-order valence-electron chi connectivity index (χ2n) is 9.29. The van der Waals surface area contributed by atoms with Crippen molar-refractivity contribution in [2.45, 2.75) is 37.8 Å². The smallest absolute Gasteiger partial charge is 0.478 e. The summed E-state index contributed by atoms with van der Waals surface area (Å²) in [5.74, 6) is -0.988. The summed E-state index contributed by atoms with van der Waals surface area (Å²) in [5.41, 5.74) is -1.48. The van der Waals surface area contributed by atoms with Gasteiger partial charge < -0.3 is 23.5 Å². The van der Waals surface area contributed by atoms with Gasteiger partial charge in [0.2, 0.25) is 0 Å². The Hall–Kier alpha value is -4.09. The van der Waals surface area contributed by atoms with Gasteiger partial charge in [0, 0.05) is 31.4 Å². The zero-order valence-electron chi connectivity index (χ0n) is 19.1. The van der Waals surface area contributed by atoms with Gasteiger partial charge in [-0.25, -0.2) is 4.98 Å². The number of pyridine rings is 1. The van der Waals surface area contributed by atoms with E-state index in [0.29, 0.717) is 5.69 Å². The Morgan fingerprint density at radius 2 is 1.92 bits per heavy atom. The molecular formula is C24H19F3N4O5. The van der Waals surface area contributed by atoms with Crippen LogP contribution in [0.4, 0.5) is 13.2 Å². The zero-order valence-corrected chi connectivity index (χ0v) is 19.1. The summed E-state index contributed by atoms with van der Waals surface area (Å²) in [7, 11) is 0. The number of hydrogen-bond donors (Lipinski definition) is 0. The summed E-state index contributed by atoms with van der Waals surface area (Å²) in [4.78, 5) is 45.0. The maximum absolute atomic E-state index is 13.4. The zero-order chi connectivity index (χ0) is 25.6. The predicted octanol–water partition coefficient (Wildman–Crippen LogP) is 2.37. The average Bonchev–Trinajstić information content (AvgIpc) is 3.11. The van der Waals surface area contributed by atoms with Gasteiger partial charge in [0.1, 0.15) is 28.3 Å². The van der Waals surface area contributed by atoms with Gasteiger partial charge in [0.05, 0.1) is 12.0 Å². The monoisotopic (exact) mass is 500 g/mol. The van der Waals surface area contributed by atoms with E-state index in [1.165, 1.54) is 27.9 Å². The van der Waals surface area contributed by atoms with E-state index in [1.54, 1.807) is 30.7 Å². The van der Waals surface area contributed by atoms with Crippen LogP contribution >= 0.6 is 0 Å². The third-order valence-electron chi connectivity index (χ3n) is 7.20. The Morgan fingerprint density at radius 1 is 1.14 bits per heavy atom. The molecule has 0 radical (unpaired) electrons. The number of nitrogens with zero attached hydrogens (tertiary/aromatic N) is 4. The van der Waals surface area contributed by atoms with Crippen molar-refractivity contribution in [3.63, 3.8) is 0 Å². The molecule has 2 aliphatic heterocycles. The molecule has 2 aromatic heterocycles. The fourth-order valence-corrected chi connectivity index (χ4v) is 5.35. The van der Waals surface area contributed by atoms with Crippen molar-refractivity contribution in [2.75, 3.05) is 13.1 Å². The number of amides is 1. The molecule has 2 unspecified atom stereocenters. The van der Waals surface area contributed by atoms with Gasteiger partial charge >= 0.3 is 6.36 Å². The number of hydrogen-bond acceptors (Lipinski definition) is 6. The number of Topliss-reactive ketones (excluding diaryl/α,β-unsaturated/α-hetero) is 1. The number of rotatable bonds is 4. The van der Waals surface area contributed by atoms with Gasteiger partial charge in [-0.1, -0.05) is 0 Å². The minimum Gasteiger partial charge on any atom is -0.478 e. The molecule has 186 valence electrons. The van der Waals surface area contributed by atoms with Crippen molar-refractivity contribution in [2.24, 2.45) is 0 Å². The third kappa shape index (κ3) is 2.96. The molecule has 1 aromatic carbocycles. The molecule has 0 bridgehead atoms. The van der Waals surface area contributed by atoms with Crippen molar-refractivity contribution in [1.82, 2.24) is 19.0 Å². The molecule has 9 nitrogen and oxygen atoms in total. The summed E-state index contributed by atoms with van der Waals surface area (Å²) in [5, 5.41) is 0. The lowest BCUT2D eigenvalue weighted by Gasteiger charge is -2.32. The number of imidazole rings is 1. The number of aryl methyl sites for hydroxylation is 1. The summed E-state index contributed by atoms with van der Waals surface area (Å²) >= 11 is 0. The molecule has 36 heavy (non-hydrogen) atoms. The van der Waals surface area contributed by atoms with E-state index in [4.69, 9.17) is 4.74 Å². The van der Waals surface area contributed by atoms with E-state index < -0.39 is 29.0 Å². The van der Waals surface area contributed by atoms with Crippen LogP contribution in [0.1, 0.15) is 28.7 Å². The summed E-state index contributed by atoms with van der Waals surface area (Å²) < 4.78 is 51.1. The molecule has 0 N–H and O–H groups in total. The molecule has 3 aliphatic rings. The lowest BCUT2D eigenvalue weighted by atomic mass is 9.92. The van der Waals surface area contributed by atoms with E-state index in [1.807, 2.05) is 0 Å². The maximum Gasteiger partial charge on any atom is 0.573 e. The number of carbonyl (C=O) groups is 2.